The van der Waals surface area contributed by atoms with Crippen molar-refractivity contribution < 1.29 is 0 Å². The first-order valence-electron chi connectivity index (χ1n) is 43.5. The summed E-state index contributed by atoms with van der Waals surface area (Å²) in [4.78, 5) is 10.1. The van der Waals surface area contributed by atoms with Crippen LogP contribution in [-0.2, 0) is 0 Å². The molecule has 0 bridgehead atoms. The summed E-state index contributed by atoms with van der Waals surface area (Å²) in [5, 5.41) is 20.1. The van der Waals surface area contributed by atoms with Crippen molar-refractivity contribution in [1.29, 1.82) is 0 Å². The molecule has 0 N–H and O–H groups in total. The third-order valence-electron chi connectivity index (χ3n) is 26.8. The number of hydrogen-bond donors (Lipinski definition) is 0. The minimum Gasteiger partial charge on any atom is -0.299 e. The molecule has 27 rings (SSSR count). The van der Waals surface area contributed by atoms with Gasteiger partial charge in [0.15, 0.2) is 0 Å². The topological polar surface area (TPSA) is 34.6 Å². The molecular weight excluding hydrogens is 1520 g/mol. The Balaban J connectivity index is 0.000000134. The summed E-state index contributed by atoms with van der Waals surface area (Å²) in [6.07, 6.45) is 4.33. The average Bonchev–Trinajstić information content (AvgIpc) is 1.54. The van der Waals surface area contributed by atoms with E-state index in [1.807, 2.05) is 0 Å². The fourth-order valence-corrected chi connectivity index (χ4v) is 21.1. The number of pyridine rings is 2. The van der Waals surface area contributed by atoms with Crippen LogP contribution in [0, 0.1) is 0 Å². The molecule has 2 aliphatic carbocycles. The average molecular weight is 1600 g/mol. The highest BCUT2D eigenvalue weighted by atomic mass is 15.0. The smallest absolute Gasteiger partial charge is 0.145 e. The van der Waals surface area contributed by atoms with Crippen LogP contribution in [0.2, 0.25) is 0 Å². The van der Waals surface area contributed by atoms with Crippen molar-refractivity contribution in [3.63, 3.8) is 0 Å². The molecule has 4 nitrogen and oxygen atoms in total. The molecule has 4 heteroatoms. The third-order valence-corrected chi connectivity index (χ3v) is 26.8. The number of fused-ring (bicyclic) bond motifs is 19. The van der Waals surface area contributed by atoms with Gasteiger partial charge in [-0.05, 0) is 257 Å². The molecule has 4 aromatic heterocycles. The molecule has 0 atom stereocenters. The fourth-order valence-electron chi connectivity index (χ4n) is 21.1. The van der Waals surface area contributed by atoms with Crippen molar-refractivity contribution in [3.05, 3.63) is 449 Å². The molecule has 0 radical (unpaired) electrons. The number of imidazole rings is 2. The summed E-state index contributed by atoms with van der Waals surface area (Å²) in [6, 6.07) is 160. The number of benzene rings is 21. The maximum absolute atomic E-state index is 5.19. The monoisotopic (exact) mass is 1590 g/mol. The van der Waals surface area contributed by atoms with E-state index in [0.717, 1.165) is 44.7 Å². The lowest BCUT2D eigenvalue weighted by Crippen LogP contribution is -1.93. The van der Waals surface area contributed by atoms with E-state index in [2.05, 4.69) is 458 Å². The predicted octanol–water partition coefficient (Wildman–Crippen LogP) is 33.0. The Morgan fingerprint density at radius 3 is 0.929 bits per heavy atom. The molecule has 0 amide bonds. The summed E-state index contributed by atoms with van der Waals surface area (Å²) in [5.41, 5.74) is 38.8. The summed E-state index contributed by atoms with van der Waals surface area (Å²) in [5.74, 6) is 0. The van der Waals surface area contributed by atoms with Crippen LogP contribution in [-0.4, -0.2) is 18.8 Å². The zero-order chi connectivity index (χ0) is 82.6. The van der Waals surface area contributed by atoms with Crippen molar-refractivity contribution >= 4 is 109 Å². The van der Waals surface area contributed by atoms with Gasteiger partial charge in [-0.1, -0.05) is 388 Å². The maximum Gasteiger partial charge on any atom is 0.145 e. The van der Waals surface area contributed by atoms with Crippen LogP contribution in [0.4, 0.5) is 0 Å². The highest BCUT2D eigenvalue weighted by Gasteiger charge is 2.34. The van der Waals surface area contributed by atoms with Gasteiger partial charge in [0.2, 0.25) is 0 Å². The summed E-state index contributed by atoms with van der Waals surface area (Å²) in [7, 11) is 0. The van der Waals surface area contributed by atoms with Crippen LogP contribution in [0.25, 0.3) is 265 Å². The highest BCUT2D eigenvalue weighted by Crippen LogP contribution is 2.61. The molecule has 0 saturated carbocycles. The minimum atomic E-state index is 0.956. The number of rotatable bonds is 10. The minimum absolute atomic E-state index is 0.956. The Morgan fingerprint density at radius 1 is 0.159 bits per heavy atom. The molecule has 2 aliphatic rings. The van der Waals surface area contributed by atoms with Crippen LogP contribution >= 0.6 is 0 Å². The first kappa shape index (κ1) is 71.1. The SMILES string of the molecule is c1ccc(-c2c3c(c(-c4ccccc4)c4ccccc24)-c2ccc(-c4ccc5cc(-c6ccc(-c7cn8c(ccc9ccccc98)n7)cc6)ccc5c4)c4cccc-3c24)cc1.c1ccc(-c2c3c(c(-c4ccccc4)c4ccccc24)-c2ccc(-c4ccc5cc(-c6ccc(-c7cn8c9ccccc9c9ccccc9c8n7)cc6)ccc5c4)c4cccc-3c24)cc1. The van der Waals surface area contributed by atoms with E-state index < -0.39 is 0 Å². The number of hydrogen-bond acceptors (Lipinski definition) is 2. The maximum atomic E-state index is 5.19. The molecular formula is C122H74N4. The number of nitrogens with zero attached hydrogens (tertiary/aromatic N) is 4. The first-order valence-corrected chi connectivity index (χ1v) is 43.5. The number of aromatic nitrogens is 4. The Labute approximate surface area is 727 Å². The van der Waals surface area contributed by atoms with Gasteiger partial charge in [0, 0.05) is 34.3 Å². The Hall–Kier alpha value is -16.7. The lowest BCUT2D eigenvalue weighted by atomic mass is 9.82. The molecule has 25 aromatic rings. The molecule has 0 saturated heterocycles. The normalized spacial score (nSPS) is 12.0. The van der Waals surface area contributed by atoms with Crippen molar-refractivity contribution in [1.82, 2.24) is 18.8 Å². The molecule has 21 aromatic carbocycles. The quantitative estimate of drug-likeness (QED) is 0.128. The first-order chi connectivity index (χ1) is 62.5. The largest absolute Gasteiger partial charge is 0.299 e. The van der Waals surface area contributed by atoms with Crippen molar-refractivity contribution in [3.8, 4) is 156 Å². The highest BCUT2D eigenvalue weighted by molar-refractivity contribution is 6.31. The second-order valence-corrected chi connectivity index (χ2v) is 33.7. The zero-order valence-electron chi connectivity index (χ0n) is 68.5. The van der Waals surface area contributed by atoms with Gasteiger partial charge >= 0.3 is 0 Å². The second-order valence-electron chi connectivity index (χ2n) is 33.7. The molecule has 0 fully saturated rings. The summed E-state index contributed by atoms with van der Waals surface area (Å²) >= 11 is 0. The van der Waals surface area contributed by atoms with E-state index >= 15 is 0 Å². The molecule has 0 aliphatic heterocycles. The van der Waals surface area contributed by atoms with Crippen LogP contribution in [0.1, 0.15) is 0 Å². The van der Waals surface area contributed by atoms with Gasteiger partial charge < -0.3 is 0 Å². The van der Waals surface area contributed by atoms with E-state index in [1.54, 1.807) is 0 Å². The van der Waals surface area contributed by atoms with Crippen LogP contribution in [0.15, 0.2) is 449 Å². The molecule has 4 heterocycles. The van der Waals surface area contributed by atoms with Gasteiger partial charge in [0.25, 0.3) is 0 Å². The van der Waals surface area contributed by atoms with Gasteiger partial charge in [-0.15, -0.1) is 0 Å². The van der Waals surface area contributed by atoms with Crippen molar-refractivity contribution in [2.75, 3.05) is 0 Å². The molecule has 0 unspecified atom stereocenters. The lowest BCUT2D eigenvalue weighted by molar-refractivity contribution is 1.26. The van der Waals surface area contributed by atoms with E-state index in [9.17, 15) is 0 Å². The fraction of sp³-hybridized carbons (Fsp3) is 0. The van der Waals surface area contributed by atoms with Gasteiger partial charge in [0.1, 0.15) is 11.3 Å². The Morgan fingerprint density at radius 2 is 0.476 bits per heavy atom. The van der Waals surface area contributed by atoms with E-state index in [1.165, 1.54) is 220 Å². The molecule has 0 spiro atoms. The van der Waals surface area contributed by atoms with Crippen molar-refractivity contribution in [2.45, 2.75) is 0 Å². The summed E-state index contributed by atoms with van der Waals surface area (Å²) in [6.45, 7) is 0. The van der Waals surface area contributed by atoms with Gasteiger partial charge in [-0.3, -0.25) is 8.80 Å². The van der Waals surface area contributed by atoms with Crippen LogP contribution in [0.5, 0.6) is 0 Å². The Bertz CT molecular complexity index is 8590. The van der Waals surface area contributed by atoms with E-state index in [0.29, 0.717) is 0 Å². The van der Waals surface area contributed by atoms with Gasteiger partial charge in [-0.2, -0.15) is 0 Å². The predicted molar refractivity (Wildman–Crippen MR) is 531 cm³/mol. The second kappa shape index (κ2) is 28.5. The number of para-hydroxylation sites is 2. The standard InChI is InChI=1S/C63H38N2.C59H36N2/c1-3-14-41(15-4-1)58-51-20-8-9-21-52(51)59(42-16-5-2-6-17-42)62-55-35-34-47(50-23-13-24-54(60(50)55)61(58)62)46-33-32-44-36-43(30-31-45(44)37-46)39-26-28-40(29-27-39)56-38-65-57-25-12-11-19-49(57)48-18-7-10-22-53(48)63(65)64-56;1-3-13-40(14-4-1)55-48-17-8-9-18-49(48)56(41-15-5-2-6-16-41)59-51-32-31-46(47-19-11-20-50(57(47)51)58(55)59)45-29-28-43-34-42(26-27-44(43)35-45)37-22-24-38(25-23-37)52-36-61-53-21-10-7-12-39(53)30-33-54(61)60-52/h1-38H;1-36H. The zero-order valence-corrected chi connectivity index (χ0v) is 68.5. The third kappa shape index (κ3) is 11.2. The van der Waals surface area contributed by atoms with E-state index in [-0.39, 0.29) is 0 Å². The molecule has 126 heavy (non-hydrogen) atoms. The van der Waals surface area contributed by atoms with Gasteiger partial charge in [-0.25, -0.2) is 9.97 Å². The van der Waals surface area contributed by atoms with Crippen molar-refractivity contribution in [2.24, 2.45) is 0 Å². The summed E-state index contributed by atoms with van der Waals surface area (Å²) < 4.78 is 4.43. The van der Waals surface area contributed by atoms with Crippen LogP contribution < -0.4 is 0 Å². The Kier molecular flexibility index (Phi) is 16.1. The van der Waals surface area contributed by atoms with Gasteiger partial charge in [0.05, 0.1) is 22.4 Å². The molecule has 582 valence electrons. The van der Waals surface area contributed by atoms with Crippen LogP contribution in [0.3, 0.4) is 0 Å². The lowest BCUT2D eigenvalue weighted by Gasteiger charge is -2.20. The van der Waals surface area contributed by atoms with E-state index in [4.69, 9.17) is 9.97 Å².